The number of nitrogens with one attached hydrogen (secondary N) is 1. The average Bonchev–Trinajstić information content (AvgIpc) is 2.46. The molecule has 4 heteroatoms. The Morgan fingerprint density at radius 3 is 2.86 bits per heavy atom. The predicted octanol–water partition coefficient (Wildman–Crippen LogP) is 3.63. The van der Waals surface area contributed by atoms with E-state index < -0.39 is 0 Å². The van der Waals surface area contributed by atoms with Crippen LogP contribution in [0.2, 0.25) is 0 Å². The number of fused-ring (bicyclic) bond motifs is 1. The minimum atomic E-state index is -0.207. The van der Waals surface area contributed by atoms with Crippen LogP contribution in [0.4, 0.5) is 4.39 Å². The van der Waals surface area contributed by atoms with Crippen LogP contribution in [0.25, 0.3) is 12.2 Å². The van der Waals surface area contributed by atoms with Crippen molar-refractivity contribution in [2.24, 2.45) is 0 Å². The molecule has 1 aliphatic rings. The third-order valence-electron chi connectivity index (χ3n) is 3.73. The molecule has 3 rings (SSSR count). The number of thiol groups is 1. The lowest BCUT2D eigenvalue weighted by Gasteiger charge is -2.17. The summed E-state index contributed by atoms with van der Waals surface area (Å²) in [6.45, 7) is 3.73. The van der Waals surface area contributed by atoms with E-state index in [0.29, 0.717) is 0 Å². The minimum absolute atomic E-state index is 0.207. The summed E-state index contributed by atoms with van der Waals surface area (Å²) < 4.78 is 13.1. The smallest absolute Gasteiger partial charge is 0.123 e. The molecule has 21 heavy (non-hydrogen) atoms. The first-order chi connectivity index (χ1) is 10.1. The number of nitrogens with zero attached hydrogens (tertiary/aromatic N) is 1. The third-order valence-corrected chi connectivity index (χ3v) is 4.09. The number of hydrogen-bond donors (Lipinski definition) is 2. The first-order valence-electron chi connectivity index (χ1n) is 7.00. The Bertz CT molecular complexity index is 710. The summed E-state index contributed by atoms with van der Waals surface area (Å²) in [4.78, 5) is 4.58. The van der Waals surface area contributed by atoms with Crippen molar-refractivity contribution < 1.29 is 4.39 Å². The molecule has 0 radical (unpaired) electrons. The number of pyridine rings is 1. The second kappa shape index (κ2) is 6.00. The lowest BCUT2D eigenvalue weighted by molar-refractivity contribution is 0.625. The van der Waals surface area contributed by atoms with E-state index in [-0.39, 0.29) is 5.82 Å². The first kappa shape index (κ1) is 14.3. The molecule has 0 amide bonds. The van der Waals surface area contributed by atoms with Gasteiger partial charge in [-0.2, -0.15) is 0 Å². The van der Waals surface area contributed by atoms with Crippen molar-refractivity contribution in [1.82, 2.24) is 10.3 Å². The number of halogens is 1. The van der Waals surface area contributed by atoms with Gasteiger partial charge >= 0.3 is 0 Å². The van der Waals surface area contributed by atoms with E-state index in [1.165, 1.54) is 17.7 Å². The lowest BCUT2D eigenvalue weighted by Crippen LogP contribution is -2.24. The van der Waals surface area contributed by atoms with Crippen LogP contribution in [0.1, 0.15) is 27.9 Å². The van der Waals surface area contributed by atoms with Crippen LogP contribution in [-0.2, 0) is 13.0 Å². The summed E-state index contributed by atoms with van der Waals surface area (Å²) >= 11 is 4.48. The molecule has 0 fully saturated rings. The monoisotopic (exact) mass is 300 g/mol. The van der Waals surface area contributed by atoms with Crippen LogP contribution in [0.3, 0.4) is 0 Å². The van der Waals surface area contributed by atoms with Gasteiger partial charge in [0, 0.05) is 30.8 Å². The predicted molar refractivity (Wildman–Crippen MR) is 87.0 cm³/mol. The Kier molecular flexibility index (Phi) is 4.08. The lowest BCUT2D eigenvalue weighted by atomic mass is 10.0. The molecule has 0 spiro atoms. The highest BCUT2D eigenvalue weighted by Crippen LogP contribution is 2.22. The van der Waals surface area contributed by atoms with Crippen LogP contribution in [0.5, 0.6) is 0 Å². The van der Waals surface area contributed by atoms with Crippen molar-refractivity contribution >= 4 is 24.8 Å². The van der Waals surface area contributed by atoms with Crippen molar-refractivity contribution in [3.63, 3.8) is 0 Å². The fourth-order valence-electron chi connectivity index (χ4n) is 2.53. The summed E-state index contributed by atoms with van der Waals surface area (Å²) in [5.74, 6) is -0.207. The van der Waals surface area contributed by atoms with Crippen molar-refractivity contribution in [3.05, 3.63) is 58.0 Å². The highest BCUT2D eigenvalue weighted by molar-refractivity contribution is 7.80. The topological polar surface area (TPSA) is 24.9 Å². The highest BCUT2D eigenvalue weighted by atomic mass is 32.1. The van der Waals surface area contributed by atoms with Gasteiger partial charge in [0.15, 0.2) is 0 Å². The second-order valence-electron chi connectivity index (χ2n) is 5.27. The van der Waals surface area contributed by atoms with E-state index in [2.05, 4.69) is 29.0 Å². The maximum atomic E-state index is 13.1. The molecule has 2 nitrogen and oxygen atoms in total. The standard InChI is InChI=1S/C17H17FN2S/c1-11-8-15(18)5-4-12(11)2-3-13-9-14-10-19-7-6-16(14)20-17(13)21/h2-5,8-9,19H,6-7,10H2,1H3,(H,20,21)/b3-2+. The molecule has 0 saturated heterocycles. The zero-order chi connectivity index (χ0) is 14.8. The molecular formula is C17H17FN2S. The Balaban J connectivity index is 1.92. The third kappa shape index (κ3) is 3.17. The summed E-state index contributed by atoms with van der Waals surface area (Å²) in [7, 11) is 0. The molecule has 2 aromatic rings. The van der Waals surface area contributed by atoms with Gasteiger partial charge in [-0.15, -0.1) is 12.6 Å². The van der Waals surface area contributed by atoms with E-state index in [0.717, 1.165) is 46.9 Å². The summed E-state index contributed by atoms with van der Waals surface area (Å²) in [6, 6.07) is 6.93. The maximum Gasteiger partial charge on any atom is 0.123 e. The largest absolute Gasteiger partial charge is 0.312 e. The molecule has 0 unspecified atom stereocenters. The fraction of sp³-hybridized carbons (Fsp3) is 0.235. The molecule has 0 aliphatic carbocycles. The number of rotatable bonds is 2. The molecule has 1 aliphatic heterocycles. The average molecular weight is 300 g/mol. The van der Waals surface area contributed by atoms with Gasteiger partial charge in [0.1, 0.15) is 10.8 Å². The quantitative estimate of drug-likeness (QED) is 0.828. The summed E-state index contributed by atoms with van der Waals surface area (Å²) in [6.07, 6.45) is 4.92. The van der Waals surface area contributed by atoms with Crippen LogP contribution in [0, 0.1) is 12.7 Å². The molecule has 0 atom stereocenters. The van der Waals surface area contributed by atoms with Crippen LogP contribution < -0.4 is 5.32 Å². The molecule has 0 bridgehead atoms. The Morgan fingerprint density at radius 2 is 2.05 bits per heavy atom. The van der Waals surface area contributed by atoms with E-state index in [9.17, 15) is 4.39 Å². The Hall–Kier alpha value is -1.65. The van der Waals surface area contributed by atoms with Gasteiger partial charge in [-0.3, -0.25) is 0 Å². The van der Waals surface area contributed by atoms with Crippen molar-refractivity contribution in [3.8, 4) is 0 Å². The molecule has 1 aromatic carbocycles. The number of aromatic nitrogens is 1. The first-order valence-corrected chi connectivity index (χ1v) is 7.45. The van der Waals surface area contributed by atoms with Gasteiger partial charge < -0.3 is 5.32 Å². The van der Waals surface area contributed by atoms with E-state index in [1.807, 2.05) is 19.1 Å². The van der Waals surface area contributed by atoms with Gasteiger partial charge in [0.25, 0.3) is 0 Å². The van der Waals surface area contributed by atoms with Gasteiger partial charge in [0.2, 0.25) is 0 Å². The van der Waals surface area contributed by atoms with E-state index in [4.69, 9.17) is 0 Å². The van der Waals surface area contributed by atoms with Gasteiger partial charge in [-0.05, 0) is 41.8 Å². The van der Waals surface area contributed by atoms with Crippen molar-refractivity contribution in [1.29, 1.82) is 0 Å². The molecule has 0 saturated carbocycles. The number of benzene rings is 1. The zero-order valence-electron chi connectivity index (χ0n) is 11.9. The normalized spacial score (nSPS) is 14.4. The Labute approximate surface area is 129 Å². The minimum Gasteiger partial charge on any atom is -0.312 e. The SMILES string of the molecule is Cc1cc(F)ccc1/C=C/c1cc2c(nc1S)CCNC2. The number of hydrogen-bond acceptors (Lipinski definition) is 3. The van der Waals surface area contributed by atoms with Crippen LogP contribution in [-0.4, -0.2) is 11.5 Å². The zero-order valence-corrected chi connectivity index (χ0v) is 12.8. The Morgan fingerprint density at radius 1 is 1.24 bits per heavy atom. The molecular weight excluding hydrogens is 283 g/mol. The molecule has 1 aromatic heterocycles. The fourth-order valence-corrected chi connectivity index (χ4v) is 2.79. The van der Waals surface area contributed by atoms with Crippen molar-refractivity contribution in [2.75, 3.05) is 6.54 Å². The number of aryl methyl sites for hydroxylation is 1. The second-order valence-corrected chi connectivity index (χ2v) is 5.69. The van der Waals surface area contributed by atoms with Crippen molar-refractivity contribution in [2.45, 2.75) is 24.9 Å². The van der Waals surface area contributed by atoms with Gasteiger partial charge in [0.05, 0.1) is 0 Å². The highest BCUT2D eigenvalue weighted by Gasteiger charge is 2.12. The molecule has 2 heterocycles. The van der Waals surface area contributed by atoms with Gasteiger partial charge in [-0.1, -0.05) is 18.2 Å². The van der Waals surface area contributed by atoms with Gasteiger partial charge in [-0.25, -0.2) is 9.37 Å². The maximum absolute atomic E-state index is 13.1. The van der Waals surface area contributed by atoms with E-state index in [1.54, 1.807) is 6.07 Å². The molecule has 1 N–H and O–H groups in total. The van der Waals surface area contributed by atoms with Crippen LogP contribution in [0.15, 0.2) is 29.3 Å². The van der Waals surface area contributed by atoms with E-state index >= 15 is 0 Å². The van der Waals surface area contributed by atoms with Crippen LogP contribution >= 0.6 is 12.6 Å². The molecule has 108 valence electrons. The summed E-state index contributed by atoms with van der Waals surface area (Å²) in [5.41, 5.74) is 5.27. The summed E-state index contributed by atoms with van der Waals surface area (Å²) in [5, 5.41) is 4.09.